The Labute approximate surface area is 200 Å². The van der Waals surface area contributed by atoms with Crippen LogP contribution >= 0.6 is 11.6 Å². The third-order valence-electron chi connectivity index (χ3n) is 5.72. The second-order valence-corrected chi connectivity index (χ2v) is 8.13. The number of nitrogens with zero attached hydrogens (tertiary/aromatic N) is 1. The van der Waals surface area contributed by atoms with E-state index in [1.165, 1.54) is 31.3 Å². The van der Waals surface area contributed by atoms with Gasteiger partial charge in [-0.05, 0) is 66.6 Å². The topological polar surface area (TPSA) is 76.1 Å². The SMILES string of the molecule is COc1cccc(C2/C(=C(\O)c3ccc(OC)cc3C)C(=O)C(=O)N2c2ccc(F)c(Cl)c2)c1. The van der Waals surface area contributed by atoms with Crippen LogP contribution in [0.4, 0.5) is 10.1 Å². The Morgan fingerprint density at radius 1 is 1.00 bits per heavy atom. The van der Waals surface area contributed by atoms with Gasteiger partial charge in [0.15, 0.2) is 0 Å². The average molecular weight is 482 g/mol. The summed E-state index contributed by atoms with van der Waals surface area (Å²) in [6, 6.07) is 14.5. The van der Waals surface area contributed by atoms with Gasteiger partial charge >= 0.3 is 0 Å². The molecule has 0 spiro atoms. The van der Waals surface area contributed by atoms with Gasteiger partial charge in [-0.25, -0.2) is 4.39 Å². The summed E-state index contributed by atoms with van der Waals surface area (Å²) in [6.45, 7) is 1.76. The first-order valence-electron chi connectivity index (χ1n) is 10.3. The van der Waals surface area contributed by atoms with Gasteiger partial charge in [-0.3, -0.25) is 14.5 Å². The van der Waals surface area contributed by atoms with E-state index >= 15 is 0 Å². The Kier molecular flexibility index (Phi) is 6.30. The first kappa shape index (κ1) is 23.3. The minimum atomic E-state index is -1.00. The lowest BCUT2D eigenvalue weighted by molar-refractivity contribution is -0.132. The number of benzene rings is 3. The summed E-state index contributed by atoms with van der Waals surface area (Å²) in [5, 5.41) is 11.1. The normalized spacial score (nSPS) is 17.2. The van der Waals surface area contributed by atoms with Crippen LogP contribution < -0.4 is 14.4 Å². The van der Waals surface area contributed by atoms with Crippen molar-refractivity contribution in [2.24, 2.45) is 0 Å². The quantitative estimate of drug-likeness (QED) is 0.299. The second-order valence-electron chi connectivity index (χ2n) is 7.72. The van der Waals surface area contributed by atoms with Gasteiger partial charge in [-0.2, -0.15) is 0 Å². The number of aliphatic hydroxyl groups excluding tert-OH is 1. The highest BCUT2D eigenvalue weighted by Crippen LogP contribution is 2.44. The number of hydrogen-bond donors (Lipinski definition) is 1. The summed E-state index contributed by atoms with van der Waals surface area (Å²) in [4.78, 5) is 27.7. The van der Waals surface area contributed by atoms with Gasteiger partial charge < -0.3 is 14.6 Å². The minimum absolute atomic E-state index is 0.105. The van der Waals surface area contributed by atoms with E-state index in [2.05, 4.69) is 0 Å². The maximum atomic E-state index is 13.8. The smallest absolute Gasteiger partial charge is 0.300 e. The van der Waals surface area contributed by atoms with Crippen LogP contribution in [0.25, 0.3) is 5.76 Å². The van der Waals surface area contributed by atoms with Crippen LogP contribution in [0.3, 0.4) is 0 Å². The lowest BCUT2D eigenvalue weighted by Crippen LogP contribution is -2.29. The second kappa shape index (κ2) is 9.19. The number of aliphatic hydroxyl groups is 1. The Balaban J connectivity index is 1.97. The van der Waals surface area contributed by atoms with Gasteiger partial charge in [-0.15, -0.1) is 0 Å². The zero-order chi connectivity index (χ0) is 24.6. The first-order valence-corrected chi connectivity index (χ1v) is 10.7. The van der Waals surface area contributed by atoms with Crippen LogP contribution in [0, 0.1) is 12.7 Å². The minimum Gasteiger partial charge on any atom is -0.507 e. The van der Waals surface area contributed by atoms with E-state index in [4.69, 9.17) is 21.1 Å². The molecule has 174 valence electrons. The van der Waals surface area contributed by atoms with Gasteiger partial charge in [0.2, 0.25) is 0 Å². The number of hydrogen-bond acceptors (Lipinski definition) is 5. The molecular formula is C26H21ClFNO5. The van der Waals surface area contributed by atoms with Gasteiger partial charge in [-0.1, -0.05) is 23.7 Å². The Hall–Kier alpha value is -3.84. The fourth-order valence-corrected chi connectivity index (χ4v) is 4.21. The number of carbonyl (C=O) groups is 2. The number of methoxy groups -OCH3 is 2. The average Bonchev–Trinajstić information content (AvgIpc) is 3.10. The summed E-state index contributed by atoms with van der Waals surface area (Å²) >= 11 is 5.97. The number of ether oxygens (including phenoxy) is 2. The van der Waals surface area contributed by atoms with Crippen molar-refractivity contribution in [3.63, 3.8) is 0 Å². The summed E-state index contributed by atoms with van der Waals surface area (Å²) in [5.41, 5.74) is 1.66. The van der Waals surface area contributed by atoms with Crippen molar-refractivity contribution in [3.05, 3.63) is 93.8 Å². The van der Waals surface area contributed by atoms with Crippen molar-refractivity contribution in [1.82, 2.24) is 0 Å². The van der Waals surface area contributed by atoms with E-state index in [1.807, 2.05) is 0 Å². The molecule has 3 aromatic carbocycles. The Morgan fingerprint density at radius 3 is 2.35 bits per heavy atom. The van der Waals surface area contributed by atoms with E-state index in [9.17, 15) is 19.1 Å². The summed E-state index contributed by atoms with van der Waals surface area (Å²) in [6.07, 6.45) is 0. The van der Waals surface area contributed by atoms with E-state index in [0.717, 1.165) is 6.07 Å². The number of anilines is 1. The molecule has 3 aromatic rings. The largest absolute Gasteiger partial charge is 0.507 e. The predicted molar refractivity (Wildman–Crippen MR) is 127 cm³/mol. The van der Waals surface area contributed by atoms with Crippen LogP contribution in [-0.4, -0.2) is 31.0 Å². The van der Waals surface area contributed by atoms with Crippen LogP contribution in [0.15, 0.2) is 66.2 Å². The molecule has 6 nitrogen and oxygen atoms in total. The maximum Gasteiger partial charge on any atom is 0.300 e. The van der Waals surface area contributed by atoms with Crippen molar-refractivity contribution in [2.45, 2.75) is 13.0 Å². The first-order chi connectivity index (χ1) is 16.3. The van der Waals surface area contributed by atoms with Crippen LogP contribution in [-0.2, 0) is 9.59 Å². The number of amides is 1. The molecule has 4 rings (SSSR count). The van der Waals surface area contributed by atoms with Crippen LogP contribution in [0.1, 0.15) is 22.7 Å². The standard InChI is InChI=1S/C26H21ClFNO5/c1-14-11-18(34-3)8-9-19(14)24(30)22-23(15-5-4-6-17(12-15)33-2)29(26(32)25(22)31)16-7-10-21(28)20(27)13-16/h4-13,23,30H,1-3H3/b24-22+. The fourth-order valence-electron chi connectivity index (χ4n) is 4.03. The number of carbonyl (C=O) groups excluding carboxylic acids is 2. The van der Waals surface area contributed by atoms with Crippen molar-refractivity contribution >= 4 is 34.7 Å². The molecule has 1 heterocycles. The highest BCUT2D eigenvalue weighted by molar-refractivity contribution is 6.51. The number of Topliss-reactive ketones (excluding diaryl/α,β-unsaturated/α-hetero) is 1. The summed E-state index contributed by atoms with van der Waals surface area (Å²) < 4.78 is 24.4. The van der Waals surface area contributed by atoms with Crippen molar-refractivity contribution in [3.8, 4) is 11.5 Å². The third kappa shape index (κ3) is 3.99. The highest BCUT2D eigenvalue weighted by Gasteiger charge is 2.47. The molecule has 1 atom stereocenters. The molecule has 1 aliphatic rings. The summed E-state index contributed by atoms with van der Waals surface area (Å²) in [5.74, 6) is -1.65. The zero-order valence-electron chi connectivity index (χ0n) is 18.6. The number of halogens is 2. The zero-order valence-corrected chi connectivity index (χ0v) is 19.4. The Bertz CT molecular complexity index is 1340. The molecule has 1 unspecified atom stereocenters. The molecule has 0 aromatic heterocycles. The van der Waals surface area contributed by atoms with Gasteiger partial charge in [0, 0.05) is 11.3 Å². The number of aryl methyl sites for hydroxylation is 1. The summed E-state index contributed by atoms with van der Waals surface area (Å²) in [7, 11) is 3.02. The lowest BCUT2D eigenvalue weighted by Gasteiger charge is -2.26. The van der Waals surface area contributed by atoms with Crippen molar-refractivity contribution in [2.75, 3.05) is 19.1 Å². The van der Waals surface area contributed by atoms with E-state index in [1.54, 1.807) is 49.4 Å². The molecule has 8 heteroatoms. The molecule has 0 bridgehead atoms. The van der Waals surface area contributed by atoms with E-state index in [0.29, 0.717) is 28.2 Å². The molecule has 1 amide bonds. The van der Waals surface area contributed by atoms with Crippen LogP contribution in [0.5, 0.6) is 11.5 Å². The number of ketones is 1. The fraction of sp³-hybridized carbons (Fsp3) is 0.154. The third-order valence-corrected chi connectivity index (χ3v) is 6.01. The molecule has 1 aliphatic heterocycles. The highest BCUT2D eigenvalue weighted by atomic mass is 35.5. The van der Waals surface area contributed by atoms with Gasteiger partial charge in [0.05, 0.1) is 30.9 Å². The number of rotatable bonds is 5. The van der Waals surface area contributed by atoms with Crippen molar-refractivity contribution < 1.29 is 28.6 Å². The molecule has 1 fully saturated rings. The predicted octanol–water partition coefficient (Wildman–Crippen LogP) is 5.43. The molecular weight excluding hydrogens is 461 g/mol. The molecule has 1 saturated heterocycles. The molecule has 0 aliphatic carbocycles. The van der Waals surface area contributed by atoms with Crippen molar-refractivity contribution in [1.29, 1.82) is 0 Å². The lowest BCUT2D eigenvalue weighted by atomic mass is 9.93. The van der Waals surface area contributed by atoms with Gasteiger partial charge in [0.25, 0.3) is 11.7 Å². The Morgan fingerprint density at radius 2 is 1.71 bits per heavy atom. The molecule has 1 N–H and O–H groups in total. The van der Waals surface area contributed by atoms with E-state index in [-0.39, 0.29) is 22.0 Å². The maximum absolute atomic E-state index is 13.8. The van der Waals surface area contributed by atoms with Gasteiger partial charge in [0.1, 0.15) is 23.1 Å². The van der Waals surface area contributed by atoms with E-state index < -0.39 is 23.5 Å². The van der Waals surface area contributed by atoms with Crippen LogP contribution in [0.2, 0.25) is 5.02 Å². The molecule has 0 saturated carbocycles. The monoisotopic (exact) mass is 481 g/mol. The molecule has 34 heavy (non-hydrogen) atoms. The molecule has 0 radical (unpaired) electrons.